The summed E-state index contributed by atoms with van der Waals surface area (Å²) in [5, 5.41) is 2.77. The van der Waals surface area contributed by atoms with Crippen LogP contribution in [0.25, 0.3) is 0 Å². The average molecular weight is 244 g/mol. The first-order valence-electron chi connectivity index (χ1n) is 5.55. The van der Waals surface area contributed by atoms with Gasteiger partial charge in [0.15, 0.2) is 0 Å². The Bertz CT molecular complexity index is 286. The van der Waals surface area contributed by atoms with Gasteiger partial charge in [0.25, 0.3) is 0 Å². The molecule has 0 spiro atoms. The highest BCUT2D eigenvalue weighted by Gasteiger charge is 2.39. The summed E-state index contributed by atoms with van der Waals surface area (Å²) >= 11 is 4.03. The molecule has 92 valence electrons. The van der Waals surface area contributed by atoms with Crippen LogP contribution in [0.2, 0.25) is 0 Å². The van der Waals surface area contributed by atoms with Gasteiger partial charge in [-0.25, -0.2) is 0 Å². The lowest BCUT2D eigenvalue weighted by Gasteiger charge is -2.31. The highest BCUT2D eigenvalue weighted by atomic mass is 32.1. The van der Waals surface area contributed by atoms with Gasteiger partial charge in [0.2, 0.25) is 11.8 Å². The van der Waals surface area contributed by atoms with Crippen LogP contribution in [-0.2, 0) is 9.59 Å². The largest absolute Gasteiger partial charge is 0.355 e. The van der Waals surface area contributed by atoms with Crippen molar-refractivity contribution < 1.29 is 9.59 Å². The summed E-state index contributed by atoms with van der Waals surface area (Å²) in [5.41, 5.74) is -0.199. The van der Waals surface area contributed by atoms with Gasteiger partial charge in [0.1, 0.15) is 0 Å². The van der Waals surface area contributed by atoms with Gasteiger partial charge >= 0.3 is 0 Å². The topological polar surface area (TPSA) is 49.4 Å². The van der Waals surface area contributed by atoms with Gasteiger partial charge < -0.3 is 10.2 Å². The van der Waals surface area contributed by atoms with E-state index in [0.717, 1.165) is 0 Å². The molecule has 1 fully saturated rings. The SMILES string of the molecule is CC(C)(C)N1CC(C(=O)NCCS)CC1=O. The highest BCUT2D eigenvalue weighted by Crippen LogP contribution is 2.25. The number of hydrogen-bond acceptors (Lipinski definition) is 3. The van der Waals surface area contributed by atoms with Gasteiger partial charge in [0, 0.05) is 30.8 Å². The van der Waals surface area contributed by atoms with Gasteiger partial charge in [0.05, 0.1) is 5.92 Å². The molecule has 4 nitrogen and oxygen atoms in total. The molecule has 16 heavy (non-hydrogen) atoms. The number of rotatable bonds is 3. The Balaban J connectivity index is 2.56. The van der Waals surface area contributed by atoms with Gasteiger partial charge in [-0.15, -0.1) is 0 Å². The minimum absolute atomic E-state index is 0.0332. The molecule has 1 N–H and O–H groups in total. The van der Waals surface area contributed by atoms with E-state index in [1.807, 2.05) is 20.8 Å². The number of nitrogens with zero attached hydrogens (tertiary/aromatic N) is 1. The summed E-state index contributed by atoms with van der Waals surface area (Å²) in [6, 6.07) is 0. The third-order valence-corrected chi connectivity index (χ3v) is 2.94. The molecule has 0 radical (unpaired) electrons. The van der Waals surface area contributed by atoms with Crippen molar-refractivity contribution in [2.24, 2.45) is 5.92 Å². The summed E-state index contributed by atoms with van der Waals surface area (Å²) in [5.74, 6) is 0.453. The molecule has 0 aliphatic carbocycles. The molecule has 1 aliphatic heterocycles. The molecule has 0 bridgehead atoms. The molecule has 1 unspecified atom stereocenters. The van der Waals surface area contributed by atoms with E-state index in [9.17, 15) is 9.59 Å². The molecule has 1 rings (SSSR count). The first kappa shape index (κ1) is 13.4. The maximum atomic E-state index is 11.7. The number of carbonyl (C=O) groups is 2. The van der Waals surface area contributed by atoms with Crippen molar-refractivity contribution >= 4 is 24.4 Å². The fourth-order valence-corrected chi connectivity index (χ4v) is 1.97. The lowest BCUT2D eigenvalue weighted by molar-refractivity contribution is -0.132. The first-order valence-corrected chi connectivity index (χ1v) is 6.18. The average Bonchev–Trinajstić information content (AvgIpc) is 2.56. The van der Waals surface area contributed by atoms with E-state index in [1.54, 1.807) is 4.90 Å². The summed E-state index contributed by atoms with van der Waals surface area (Å²) in [6.07, 6.45) is 0.329. The molecule has 2 amide bonds. The molecule has 0 aromatic heterocycles. The second kappa shape index (κ2) is 5.08. The Labute approximate surface area is 102 Å². The van der Waals surface area contributed by atoms with Crippen LogP contribution >= 0.6 is 12.6 Å². The summed E-state index contributed by atoms with van der Waals surface area (Å²) in [4.78, 5) is 25.2. The molecule has 5 heteroatoms. The van der Waals surface area contributed by atoms with Gasteiger partial charge in [-0.05, 0) is 20.8 Å². The Morgan fingerprint density at radius 2 is 2.19 bits per heavy atom. The zero-order chi connectivity index (χ0) is 12.3. The fraction of sp³-hybridized carbons (Fsp3) is 0.818. The van der Waals surface area contributed by atoms with Crippen LogP contribution in [0.4, 0.5) is 0 Å². The zero-order valence-electron chi connectivity index (χ0n) is 10.1. The smallest absolute Gasteiger partial charge is 0.225 e. The molecule has 0 aromatic rings. The summed E-state index contributed by atoms with van der Waals surface area (Å²) in [7, 11) is 0. The maximum Gasteiger partial charge on any atom is 0.225 e. The number of thiol groups is 1. The van der Waals surface area contributed by atoms with Crippen molar-refractivity contribution in [2.45, 2.75) is 32.7 Å². The van der Waals surface area contributed by atoms with Crippen LogP contribution in [0.1, 0.15) is 27.2 Å². The van der Waals surface area contributed by atoms with E-state index in [4.69, 9.17) is 0 Å². The number of hydrogen-bond donors (Lipinski definition) is 2. The monoisotopic (exact) mass is 244 g/mol. The molecule has 1 heterocycles. The quantitative estimate of drug-likeness (QED) is 0.717. The molecule has 0 saturated carbocycles. The third-order valence-electron chi connectivity index (χ3n) is 2.72. The van der Waals surface area contributed by atoms with Crippen molar-refractivity contribution in [3.8, 4) is 0 Å². The fourth-order valence-electron chi connectivity index (χ4n) is 1.85. The second-order valence-corrected chi connectivity index (χ2v) is 5.54. The number of amides is 2. The number of likely N-dealkylation sites (tertiary alicyclic amines) is 1. The summed E-state index contributed by atoms with van der Waals surface area (Å²) in [6.45, 7) is 7.04. The zero-order valence-corrected chi connectivity index (χ0v) is 11.0. The molecule has 1 aliphatic rings. The minimum atomic E-state index is -0.202. The molecule has 1 atom stereocenters. The Hall–Kier alpha value is -0.710. The lowest BCUT2D eigenvalue weighted by Crippen LogP contribution is -2.43. The lowest BCUT2D eigenvalue weighted by atomic mass is 10.1. The van der Waals surface area contributed by atoms with E-state index in [1.165, 1.54) is 0 Å². The Morgan fingerprint density at radius 1 is 1.56 bits per heavy atom. The van der Waals surface area contributed by atoms with E-state index in [-0.39, 0.29) is 23.3 Å². The van der Waals surface area contributed by atoms with Gasteiger partial charge in [-0.2, -0.15) is 12.6 Å². The van der Waals surface area contributed by atoms with Crippen molar-refractivity contribution in [1.29, 1.82) is 0 Å². The summed E-state index contributed by atoms with van der Waals surface area (Å²) < 4.78 is 0. The molecule has 1 saturated heterocycles. The minimum Gasteiger partial charge on any atom is -0.355 e. The standard InChI is InChI=1S/C11H20N2O2S/c1-11(2,3)13-7-8(6-9(13)14)10(15)12-4-5-16/h8,16H,4-7H2,1-3H3,(H,12,15). The van der Waals surface area contributed by atoms with Crippen molar-refractivity contribution in [1.82, 2.24) is 10.2 Å². The van der Waals surface area contributed by atoms with Crippen LogP contribution in [0.3, 0.4) is 0 Å². The molecular formula is C11H20N2O2S. The predicted octanol–water partition coefficient (Wildman–Crippen LogP) is 0.679. The number of nitrogens with one attached hydrogen (secondary N) is 1. The van der Waals surface area contributed by atoms with Crippen molar-refractivity contribution in [3.05, 3.63) is 0 Å². The Morgan fingerprint density at radius 3 is 2.62 bits per heavy atom. The maximum absolute atomic E-state index is 11.7. The molecular weight excluding hydrogens is 224 g/mol. The van der Waals surface area contributed by atoms with Crippen LogP contribution in [0.15, 0.2) is 0 Å². The van der Waals surface area contributed by atoms with Gasteiger partial charge in [-0.3, -0.25) is 9.59 Å². The van der Waals surface area contributed by atoms with E-state index < -0.39 is 0 Å². The normalized spacial score (nSPS) is 21.4. The second-order valence-electron chi connectivity index (χ2n) is 5.09. The van der Waals surface area contributed by atoms with Crippen LogP contribution in [0, 0.1) is 5.92 Å². The Kier molecular flexibility index (Phi) is 4.24. The van der Waals surface area contributed by atoms with Crippen LogP contribution in [-0.4, -0.2) is 41.1 Å². The van der Waals surface area contributed by atoms with Crippen LogP contribution in [0.5, 0.6) is 0 Å². The van der Waals surface area contributed by atoms with E-state index >= 15 is 0 Å². The van der Waals surface area contributed by atoms with Gasteiger partial charge in [-0.1, -0.05) is 0 Å². The molecule has 0 aromatic carbocycles. The van der Waals surface area contributed by atoms with Crippen molar-refractivity contribution in [3.63, 3.8) is 0 Å². The first-order chi connectivity index (χ1) is 7.36. The third kappa shape index (κ3) is 3.14. The van der Waals surface area contributed by atoms with Crippen molar-refractivity contribution in [2.75, 3.05) is 18.8 Å². The highest BCUT2D eigenvalue weighted by molar-refractivity contribution is 7.80. The predicted molar refractivity (Wildman–Crippen MR) is 66.4 cm³/mol. The van der Waals surface area contributed by atoms with E-state index in [2.05, 4.69) is 17.9 Å². The van der Waals surface area contributed by atoms with Crippen LogP contribution < -0.4 is 5.32 Å². The number of carbonyl (C=O) groups excluding carboxylic acids is 2. The van der Waals surface area contributed by atoms with E-state index in [0.29, 0.717) is 25.3 Å².